The second-order valence-corrected chi connectivity index (χ2v) is 9.41. The highest BCUT2D eigenvalue weighted by molar-refractivity contribution is 7.89. The van der Waals surface area contributed by atoms with Crippen LogP contribution in [0.25, 0.3) is 22.4 Å². The highest BCUT2D eigenvalue weighted by Gasteiger charge is 2.24. The van der Waals surface area contributed by atoms with Gasteiger partial charge in [-0.05, 0) is 54.6 Å². The van der Waals surface area contributed by atoms with Gasteiger partial charge in [-0.25, -0.2) is 17.7 Å². The van der Waals surface area contributed by atoms with Gasteiger partial charge in [0.15, 0.2) is 0 Å². The number of aromatic nitrogens is 2. The zero-order valence-electron chi connectivity index (χ0n) is 17.8. The number of carbonyl (C=O) groups is 1. The molecule has 0 saturated heterocycles. The van der Waals surface area contributed by atoms with Gasteiger partial charge >= 0.3 is 0 Å². The Morgan fingerprint density at radius 3 is 2.41 bits per heavy atom. The molecule has 0 saturated carbocycles. The van der Waals surface area contributed by atoms with Crippen LogP contribution in [0, 0.1) is 0 Å². The van der Waals surface area contributed by atoms with E-state index in [1.165, 1.54) is 39.4 Å². The molecule has 32 heavy (non-hydrogen) atoms. The van der Waals surface area contributed by atoms with E-state index >= 15 is 0 Å². The van der Waals surface area contributed by atoms with Crippen LogP contribution in [-0.4, -0.2) is 49.8 Å². The molecule has 1 aromatic heterocycles. The van der Waals surface area contributed by atoms with Crippen molar-refractivity contribution in [2.45, 2.75) is 4.90 Å². The third-order valence-electron chi connectivity index (χ3n) is 4.99. The molecule has 1 heterocycles. The maximum atomic E-state index is 12.8. The van der Waals surface area contributed by atoms with Crippen molar-refractivity contribution in [1.82, 2.24) is 14.3 Å². The Labute approximate surface area is 185 Å². The maximum absolute atomic E-state index is 12.8. The number of hydrogen-bond acceptors (Lipinski definition) is 5. The molecular formula is C23H22N4O4S. The van der Waals surface area contributed by atoms with Crippen molar-refractivity contribution < 1.29 is 17.9 Å². The normalized spacial score (nSPS) is 11.6. The van der Waals surface area contributed by atoms with Gasteiger partial charge in [-0.2, -0.15) is 0 Å². The minimum atomic E-state index is -3.78. The number of anilines is 1. The maximum Gasteiger partial charge on any atom is 0.255 e. The molecule has 0 spiro atoms. The summed E-state index contributed by atoms with van der Waals surface area (Å²) in [5.41, 5.74) is 3.48. The first-order chi connectivity index (χ1) is 15.3. The van der Waals surface area contributed by atoms with Crippen LogP contribution in [0.1, 0.15) is 10.4 Å². The number of H-pyrrole nitrogens is 1. The quantitative estimate of drug-likeness (QED) is 0.466. The number of nitrogens with one attached hydrogen (secondary N) is 2. The number of imidazole rings is 1. The van der Waals surface area contributed by atoms with E-state index in [9.17, 15) is 13.2 Å². The standard InChI is InChI=1S/C23H22N4O4S/c1-27(2)32(29,30)21-14-16(10-13-20(21)31-3)23(28)24-17-11-8-15(9-12-17)22-25-18-6-4-5-7-19(18)26-22/h4-14H,1-3H3,(H,24,28)(H,25,26). The van der Waals surface area contributed by atoms with Gasteiger partial charge in [0.2, 0.25) is 10.0 Å². The topological polar surface area (TPSA) is 104 Å². The number of benzene rings is 3. The average molecular weight is 451 g/mol. The SMILES string of the molecule is COc1ccc(C(=O)Nc2ccc(-c3nc4ccccc4[nH]3)cc2)cc1S(=O)(=O)N(C)C. The Morgan fingerprint density at radius 1 is 1.03 bits per heavy atom. The molecule has 0 atom stereocenters. The van der Waals surface area contributed by atoms with Crippen LogP contribution in [0.5, 0.6) is 5.75 Å². The Morgan fingerprint density at radius 2 is 1.75 bits per heavy atom. The number of carbonyl (C=O) groups excluding carboxylic acids is 1. The van der Waals surface area contributed by atoms with Crippen molar-refractivity contribution in [2.75, 3.05) is 26.5 Å². The van der Waals surface area contributed by atoms with E-state index in [2.05, 4.69) is 15.3 Å². The molecule has 2 N–H and O–H groups in total. The Hall–Kier alpha value is -3.69. The van der Waals surface area contributed by atoms with Gasteiger partial charge < -0.3 is 15.0 Å². The summed E-state index contributed by atoms with van der Waals surface area (Å²) in [6.07, 6.45) is 0. The van der Waals surface area contributed by atoms with E-state index in [1.807, 2.05) is 36.4 Å². The lowest BCUT2D eigenvalue weighted by Gasteiger charge is -2.15. The minimum Gasteiger partial charge on any atom is -0.495 e. The summed E-state index contributed by atoms with van der Waals surface area (Å²) in [6, 6.07) is 19.3. The zero-order chi connectivity index (χ0) is 22.9. The number of hydrogen-bond donors (Lipinski definition) is 2. The van der Waals surface area contributed by atoms with Gasteiger partial charge in [-0.3, -0.25) is 4.79 Å². The summed E-state index contributed by atoms with van der Waals surface area (Å²) in [7, 11) is 0.448. The number of nitrogens with zero attached hydrogens (tertiary/aromatic N) is 2. The summed E-state index contributed by atoms with van der Waals surface area (Å²) < 4.78 is 31.4. The van der Waals surface area contributed by atoms with Crippen LogP contribution < -0.4 is 10.1 Å². The molecule has 0 bridgehead atoms. The summed E-state index contributed by atoms with van der Waals surface area (Å²) in [5.74, 6) is 0.475. The van der Waals surface area contributed by atoms with Gasteiger partial charge in [0.1, 0.15) is 16.5 Å². The highest BCUT2D eigenvalue weighted by Crippen LogP contribution is 2.27. The number of fused-ring (bicyclic) bond motifs is 1. The molecule has 0 radical (unpaired) electrons. The van der Waals surface area contributed by atoms with Gasteiger partial charge in [-0.1, -0.05) is 12.1 Å². The number of amides is 1. The molecule has 164 valence electrons. The molecule has 4 rings (SSSR count). The van der Waals surface area contributed by atoms with E-state index in [1.54, 1.807) is 12.1 Å². The van der Waals surface area contributed by atoms with Gasteiger partial charge in [0.25, 0.3) is 5.91 Å². The number of rotatable bonds is 6. The van der Waals surface area contributed by atoms with E-state index in [0.29, 0.717) is 5.69 Å². The van der Waals surface area contributed by atoms with Crippen molar-refractivity contribution >= 4 is 32.7 Å². The molecular weight excluding hydrogens is 428 g/mol. The fourth-order valence-electron chi connectivity index (χ4n) is 3.22. The van der Waals surface area contributed by atoms with Crippen LogP contribution in [0.15, 0.2) is 71.6 Å². The number of aromatic amines is 1. The molecule has 0 unspecified atom stereocenters. The molecule has 0 aliphatic heterocycles. The lowest BCUT2D eigenvalue weighted by atomic mass is 10.1. The lowest BCUT2D eigenvalue weighted by molar-refractivity contribution is 0.102. The number of sulfonamides is 1. The van der Waals surface area contributed by atoms with Crippen LogP contribution in [-0.2, 0) is 10.0 Å². The van der Waals surface area contributed by atoms with Crippen LogP contribution >= 0.6 is 0 Å². The monoisotopic (exact) mass is 450 g/mol. The van der Waals surface area contributed by atoms with Crippen LogP contribution in [0.4, 0.5) is 5.69 Å². The predicted molar refractivity (Wildman–Crippen MR) is 123 cm³/mol. The molecule has 0 fully saturated rings. The van der Waals surface area contributed by atoms with Gasteiger partial charge in [-0.15, -0.1) is 0 Å². The fourth-order valence-corrected chi connectivity index (χ4v) is 4.30. The van der Waals surface area contributed by atoms with Crippen molar-refractivity contribution in [3.8, 4) is 17.1 Å². The third-order valence-corrected chi connectivity index (χ3v) is 6.83. The lowest BCUT2D eigenvalue weighted by Crippen LogP contribution is -2.23. The van der Waals surface area contributed by atoms with E-state index in [0.717, 1.165) is 26.7 Å². The van der Waals surface area contributed by atoms with Crippen LogP contribution in [0.2, 0.25) is 0 Å². The van der Waals surface area contributed by atoms with Gasteiger partial charge in [0.05, 0.1) is 18.1 Å². The number of methoxy groups -OCH3 is 1. The molecule has 8 nitrogen and oxygen atoms in total. The summed E-state index contributed by atoms with van der Waals surface area (Å²) in [6.45, 7) is 0. The van der Waals surface area contributed by atoms with Crippen molar-refractivity contribution in [2.24, 2.45) is 0 Å². The van der Waals surface area contributed by atoms with Crippen LogP contribution in [0.3, 0.4) is 0 Å². The summed E-state index contributed by atoms with van der Waals surface area (Å²) in [4.78, 5) is 20.5. The summed E-state index contributed by atoms with van der Waals surface area (Å²) in [5, 5.41) is 2.79. The smallest absolute Gasteiger partial charge is 0.255 e. The van der Waals surface area contributed by atoms with Crippen molar-refractivity contribution in [3.63, 3.8) is 0 Å². The molecule has 0 aliphatic carbocycles. The first-order valence-corrected chi connectivity index (χ1v) is 11.2. The second kappa shape index (κ2) is 8.45. The largest absolute Gasteiger partial charge is 0.495 e. The number of para-hydroxylation sites is 2. The molecule has 3 aromatic carbocycles. The molecule has 0 aliphatic rings. The van der Waals surface area contributed by atoms with Gasteiger partial charge in [0, 0.05) is 30.9 Å². The minimum absolute atomic E-state index is 0.0714. The average Bonchev–Trinajstić information content (AvgIpc) is 3.23. The summed E-state index contributed by atoms with van der Waals surface area (Å²) >= 11 is 0. The fraction of sp³-hybridized carbons (Fsp3) is 0.130. The van der Waals surface area contributed by atoms with E-state index in [4.69, 9.17) is 4.74 Å². The Kier molecular flexibility index (Phi) is 5.68. The first-order valence-electron chi connectivity index (χ1n) is 9.76. The Bertz CT molecular complexity index is 1360. The highest BCUT2D eigenvalue weighted by atomic mass is 32.2. The van der Waals surface area contributed by atoms with E-state index < -0.39 is 15.9 Å². The van der Waals surface area contributed by atoms with E-state index in [-0.39, 0.29) is 16.2 Å². The molecule has 9 heteroatoms. The second-order valence-electron chi connectivity index (χ2n) is 7.29. The number of ether oxygens (including phenoxy) is 1. The first kappa shape index (κ1) is 21.5. The zero-order valence-corrected chi connectivity index (χ0v) is 18.6. The molecule has 4 aromatic rings. The predicted octanol–water partition coefficient (Wildman–Crippen LogP) is 3.74. The molecule has 1 amide bonds. The third kappa shape index (κ3) is 4.08. The van der Waals surface area contributed by atoms with Crippen molar-refractivity contribution in [1.29, 1.82) is 0 Å². The van der Waals surface area contributed by atoms with Crippen molar-refractivity contribution in [3.05, 3.63) is 72.3 Å². The Balaban J connectivity index is 1.56.